The molecule has 0 unspecified atom stereocenters. The molecule has 12 heavy (non-hydrogen) atoms. The lowest BCUT2D eigenvalue weighted by Gasteiger charge is -1.98. The maximum Gasteiger partial charge on any atom is 0.0760 e. The quantitative estimate of drug-likeness (QED) is 0.698. The van der Waals surface area contributed by atoms with E-state index in [0.717, 1.165) is 12.2 Å². The molecule has 2 N–H and O–H groups in total. The van der Waals surface area contributed by atoms with Crippen LogP contribution in [-0.2, 0) is 13.1 Å². The third kappa shape index (κ3) is 2.87. The SMILES string of the molecule is CSCCCn1ccc(CN)n1. The van der Waals surface area contributed by atoms with Gasteiger partial charge in [-0.2, -0.15) is 16.9 Å². The van der Waals surface area contributed by atoms with Crippen LogP contribution in [0.3, 0.4) is 0 Å². The highest BCUT2D eigenvalue weighted by Crippen LogP contribution is 1.99. The van der Waals surface area contributed by atoms with Gasteiger partial charge in [-0.05, 0) is 24.5 Å². The van der Waals surface area contributed by atoms with Crippen molar-refractivity contribution in [1.29, 1.82) is 0 Å². The predicted molar refractivity (Wildman–Crippen MR) is 53.1 cm³/mol. The third-order valence-corrected chi connectivity index (χ3v) is 2.34. The van der Waals surface area contributed by atoms with E-state index >= 15 is 0 Å². The summed E-state index contributed by atoms with van der Waals surface area (Å²) in [5.41, 5.74) is 6.41. The van der Waals surface area contributed by atoms with E-state index in [9.17, 15) is 0 Å². The Morgan fingerprint density at radius 2 is 2.50 bits per heavy atom. The van der Waals surface area contributed by atoms with Gasteiger partial charge in [0.2, 0.25) is 0 Å². The topological polar surface area (TPSA) is 43.8 Å². The summed E-state index contributed by atoms with van der Waals surface area (Å²) in [5.74, 6) is 1.19. The number of nitrogens with two attached hydrogens (primary N) is 1. The number of hydrogen-bond donors (Lipinski definition) is 1. The van der Waals surface area contributed by atoms with E-state index in [2.05, 4.69) is 11.4 Å². The molecule has 0 radical (unpaired) electrons. The molecule has 1 aromatic heterocycles. The number of nitrogens with zero attached hydrogens (tertiary/aromatic N) is 2. The van der Waals surface area contributed by atoms with Crippen LogP contribution in [-0.4, -0.2) is 21.8 Å². The number of rotatable bonds is 5. The van der Waals surface area contributed by atoms with Crippen molar-refractivity contribution in [2.45, 2.75) is 19.5 Å². The average Bonchev–Trinajstić information content (AvgIpc) is 2.53. The highest BCUT2D eigenvalue weighted by Gasteiger charge is 1.95. The van der Waals surface area contributed by atoms with Gasteiger partial charge in [-0.15, -0.1) is 0 Å². The summed E-state index contributed by atoms with van der Waals surface area (Å²) in [5, 5.41) is 4.28. The molecule has 0 aromatic carbocycles. The van der Waals surface area contributed by atoms with Crippen LogP contribution in [0.4, 0.5) is 0 Å². The van der Waals surface area contributed by atoms with E-state index in [4.69, 9.17) is 5.73 Å². The van der Waals surface area contributed by atoms with Crippen molar-refractivity contribution >= 4 is 11.8 Å². The molecule has 0 atom stereocenters. The fourth-order valence-electron chi connectivity index (χ4n) is 1.01. The molecule has 3 nitrogen and oxygen atoms in total. The molecule has 1 rings (SSSR count). The first-order chi connectivity index (χ1) is 5.86. The van der Waals surface area contributed by atoms with Crippen molar-refractivity contribution < 1.29 is 0 Å². The maximum absolute atomic E-state index is 5.44. The van der Waals surface area contributed by atoms with Crippen molar-refractivity contribution in [1.82, 2.24) is 9.78 Å². The van der Waals surface area contributed by atoms with Crippen LogP contribution in [0.5, 0.6) is 0 Å². The van der Waals surface area contributed by atoms with Gasteiger partial charge in [0, 0.05) is 19.3 Å². The standard InChI is InChI=1S/C8H15N3S/c1-12-6-2-4-11-5-3-8(7-9)10-11/h3,5H,2,4,6-7,9H2,1H3. The molecule has 1 heterocycles. The Morgan fingerprint density at radius 1 is 1.67 bits per heavy atom. The van der Waals surface area contributed by atoms with Gasteiger partial charge >= 0.3 is 0 Å². The van der Waals surface area contributed by atoms with Crippen molar-refractivity contribution in [2.24, 2.45) is 5.73 Å². The monoisotopic (exact) mass is 185 g/mol. The lowest BCUT2D eigenvalue weighted by molar-refractivity contribution is 0.598. The molecule has 0 aliphatic carbocycles. The highest BCUT2D eigenvalue weighted by atomic mass is 32.2. The number of aromatic nitrogens is 2. The first-order valence-electron chi connectivity index (χ1n) is 4.08. The number of aryl methyl sites for hydroxylation is 1. The Kier molecular flexibility index (Phi) is 4.18. The van der Waals surface area contributed by atoms with Gasteiger partial charge in [0.25, 0.3) is 0 Å². The lowest BCUT2D eigenvalue weighted by Crippen LogP contribution is -2.02. The minimum Gasteiger partial charge on any atom is -0.325 e. The second-order valence-electron chi connectivity index (χ2n) is 2.62. The molecule has 0 saturated carbocycles. The molecule has 4 heteroatoms. The summed E-state index contributed by atoms with van der Waals surface area (Å²) in [4.78, 5) is 0. The molecule has 0 bridgehead atoms. The van der Waals surface area contributed by atoms with Crippen molar-refractivity contribution in [3.8, 4) is 0 Å². The maximum atomic E-state index is 5.44. The van der Waals surface area contributed by atoms with E-state index in [-0.39, 0.29) is 0 Å². The summed E-state index contributed by atoms with van der Waals surface area (Å²) in [6.45, 7) is 1.54. The minimum absolute atomic E-state index is 0.537. The van der Waals surface area contributed by atoms with Gasteiger partial charge < -0.3 is 5.73 Å². The number of thioether (sulfide) groups is 1. The van der Waals surface area contributed by atoms with Crippen LogP contribution < -0.4 is 5.73 Å². The molecule has 1 aromatic rings. The number of hydrogen-bond acceptors (Lipinski definition) is 3. The first kappa shape index (κ1) is 9.61. The molecule has 0 spiro atoms. The Balaban J connectivity index is 2.31. The fraction of sp³-hybridized carbons (Fsp3) is 0.625. The Labute approximate surface area is 77.3 Å². The van der Waals surface area contributed by atoms with Crippen LogP contribution >= 0.6 is 11.8 Å². The van der Waals surface area contributed by atoms with Crippen LogP contribution in [0.25, 0.3) is 0 Å². The summed E-state index contributed by atoms with van der Waals surface area (Å²) in [6.07, 6.45) is 5.28. The Morgan fingerprint density at radius 3 is 3.08 bits per heavy atom. The molecule has 0 saturated heterocycles. The van der Waals surface area contributed by atoms with Gasteiger partial charge in [0.1, 0.15) is 0 Å². The van der Waals surface area contributed by atoms with Crippen molar-refractivity contribution in [3.05, 3.63) is 18.0 Å². The molecule has 0 aliphatic heterocycles. The van der Waals surface area contributed by atoms with E-state index in [1.54, 1.807) is 0 Å². The van der Waals surface area contributed by atoms with Crippen LogP contribution in [0.15, 0.2) is 12.3 Å². The molecule has 0 fully saturated rings. The van der Waals surface area contributed by atoms with Crippen molar-refractivity contribution in [3.63, 3.8) is 0 Å². The normalized spacial score (nSPS) is 10.5. The molecular formula is C8H15N3S. The van der Waals surface area contributed by atoms with Gasteiger partial charge in [-0.3, -0.25) is 4.68 Å². The largest absolute Gasteiger partial charge is 0.325 e. The lowest BCUT2D eigenvalue weighted by atomic mass is 10.4. The van der Waals surface area contributed by atoms with Gasteiger partial charge in [0.05, 0.1) is 5.69 Å². The average molecular weight is 185 g/mol. The molecule has 0 aliphatic rings. The minimum atomic E-state index is 0.537. The van der Waals surface area contributed by atoms with Crippen LogP contribution in [0.2, 0.25) is 0 Å². The highest BCUT2D eigenvalue weighted by molar-refractivity contribution is 7.98. The second-order valence-corrected chi connectivity index (χ2v) is 3.61. The van der Waals surface area contributed by atoms with Gasteiger partial charge in [-0.25, -0.2) is 0 Å². The van der Waals surface area contributed by atoms with Gasteiger partial charge in [-0.1, -0.05) is 0 Å². The van der Waals surface area contributed by atoms with E-state index in [0.29, 0.717) is 6.54 Å². The van der Waals surface area contributed by atoms with E-state index < -0.39 is 0 Å². The zero-order chi connectivity index (χ0) is 8.81. The molecular weight excluding hydrogens is 170 g/mol. The summed E-state index contributed by atoms with van der Waals surface area (Å²) in [6, 6.07) is 1.97. The first-order valence-corrected chi connectivity index (χ1v) is 5.47. The Hall–Kier alpha value is -0.480. The summed E-state index contributed by atoms with van der Waals surface area (Å²) < 4.78 is 1.96. The third-order valence-electron chi connectivity index (χ3n) is 1.64. The molecule has 68 valence electrons. The van der Waals surface area contributed by atoms with E-state index in [1.165, 1.54) is 12.2 Å². The predicted octanol–water partition coefficient (Wildman–Crippen LogP) is 1.09. The summed E-state index contributed by atoms with van der Waals surface area (Å²) in [7, 11) is 0. The smallest absolute Gasteiger partial charge is 0.0760 e. The van der Waals surface area contributed by atoms with Crippen molar-refractivity contribution in [2.75, 3.05) is 12.0 Å². The zero-order valence-corrected chi connectivity index (χ0v) is 8.18. The fourth-order valence-corrected chi connectivity index (χ4v) is 1.43. The van der Waals surface area contributed by atoms with Crippen LogP contribution in [0.1, 0.15) is 12.1 Å². The van der Waals surface area contributed by atoms with Crippen LogP contribution in [0, 0.1) is 0 Å². The Bertz CT molecular complexity index is 222. The zero-order valence-electron chi connectivity index (χ0n) is 7.36. The van der Waals surface area contributed by atoms with E-state index in [1.807, 2.05) is 28.7 Å². The second kappa shape index (κ2) is 5.22. The van der Waals surface area contributed by atoms with Gasteiger partial charge in [0.15, 0.2) is 0 Å². The molecule has 0 amide bonds. The summed E-state index contributed by atoms with van der Waals surface area (Å²) >= 11 is 1.87.